The quantitative estimate of drug-likeness (QED) is 0.329. The number of carboxylic acids is 1. The fraction of sp³-hybridized carbons (Fsp3) is 0.0909. The average Bonchev–Trinajstić information content (AvgIpc) is 2.93. The van der Waals surface area contributed by atoms with E-state index in [2.05, 4.69) is 0 Å². The molecule has 18 heavy (non-hydrogen) atoms. The molecule has 86 valence electrons. The largest absolute Gasteiger partial charge is 1.00 e. The molecule has 2 aliphatic rings. The number of thioether (sulfide) groups is 1. The van der Waals surface area contributed by atoms with Crippen LogP contribution >= 0.6 is 11.8 Å². The number of rotatable bonds is 2. The van der Waals surface area contributed by atoms with Crippen LogP contribution in [-0.2, 0) is 9.59 Å². The van der Waals surface area contributed by atoms with Crippen LogP contribution in [0.1, 0.15) is 5.56 Å². The third-order valence-corrected chi connectivity index (χ3v) is 3.69. The molecule has 0 aliphatic carbocycles. The molecule has 1 amide bonds. The number of nitrogens with zero attached hydrogens (tertiary/aromatic N) is 1. The van der Waals surface area contributed by atoms with E-state index in [4.69, 9.17) is 4.42 Å². The second-order valence-corrected chi connectivity index (χ2v) is 4.56. The number of hydrogen-bond acceptors (Lipinski definition) is 5. The van der Waals surface area contributed by atoms with Crippen LogP contribution in [-0.4, -0.2) is 22.2 Å². The summed E-state index contributed by atoms with van der Waals surface area (Å²) in [6.07, 6.45) is 4.74. The predicted octanol–water partition coefficient (Wildman–Crippen LogP) is -2.83. The van der Waals surface area contributed by atoms with E-state index in [1.165, 1.54) is 34.6 Å². The molecule has 0 bridgehead atoms. The van der Waals surface area contributed by atoms with E-state index in [1.54, 1.807) is 12.1 Å². The maximum atomic E-state index is 11.8. The van der Waals surface area contributed by atoms with E-state index < -0.39 is 5.97 Å². The molecule has 1 atom stereocenters. The molecule has 0 N–H and O–H groups in total. The number of furan rings is 1. The van der Waals surface area contributed by atoms with Crippen molar-refractivity contribution in [3.8, 4) is 0 Å². The van der Waals surface area contributed by atoms with Gasteiger partial charge in [-0.1, -0.05) is 0 Å². The van der Waals surface area contributed by atoms with Gasteiger partial charge in [0.25, 0.3) is 5.91 Å². The number of fused-ring (bicyclic) bond motifs is 1. The van der Waals surface area contributed by atoms with Crippen LogP contribution in [0, 0.1) is 0 Å². The molecule has 3 heterocycles. The van der Waals surface area contributed by atoms with Crippen LogP contribution in [0.4, 0.5) is 0 Å². The normalized spacial score (nSPS) is 23.2. The van der Waals surface area contributed by atoms with Crippen molar-refractivity contribution in [3.63, 3.8) is 0 Å². The van der Waals surface area contributed by atoms with Gasteiger partial charge in [0, 0.05) is 5.56 Å². The summed E-state index contributed by atoms with van der Waals surface area (Å²) in [5, 5.41) is 11.9. The van der Waals surface area contributed by atoms with Crippen LogP contribution in [0.3, 0.4) is 0 Å². The summed E-state index contributed by atoms with van der Waals surface area (Å²) in [5.41, 5.74) is 1.30. The SMILES string of the molecule is O=C([O-])C1=CS[C@@H]2/C(=C\c3ccoc3)C(=O)N12.[Na+]. The van der Waals surface area contributed by atoms with Gasteiger partial charge in [0.05, 0.1) is 29.8 Å². The fourth-order valence-electron chi connectivity index (χ4n) is 1.80. The van der Waals surface area contributed by atoms with Gasteiger partial charge < -0.3 is 14.3 Å². The number of hydrogen-bond donors (Lipinski definition) is 0. The van der Waals surface area contributed by atoms with E-state index in [9.17, 15) is 14.7 Å². The van der Waals surface area contributed by atoms with Crippen molar-refractivity contribution in [3.05, 3.63) is 40.8 Å². The van der Waals surface area contributed by atoms with Crippen molar-refractivity contribution in [2.75, 3.05) is 0 Å². The molecular formula is C11H6NNaO4S. The number of amides is 1. The summed E-state index contributed by atoms with van der Waals surface area (Å²) >= 11 is 1.29. The maximum Gasteiger partial charge on any atom is 1.00 e. The summed E-state index contributed by atoms with van der Waals surface area (Å²) in [7, 11) is 0. The maximum absolute atomic E-state index is 11.8. The standard InChI is InChI=1S/C11H7NO4S.Na/c13-9-7(3-6-1-2-16-4-6)10-12(9)8(5-17-10)11(14)15;/h1-5,10H,(H,14,15);/q;+1/p-1/b7-3-;/t10-;/m1./s1. The smallest absolute Gasteiger partial charge is 0.543 e. The van der Waals surface area contributed by atoms with E-state index in [-0.39, 0.29) is 46.5 Å². The second-order valence-electron chi connectivity index (χ2n) is 3.61. The van der Waals surface area contributed by atoms with E-state index >= 15 is 0 Å². The molecule has 0 spiro atoms. The predicted molar refractivity (Wildman–Crippen MR) is 58.0 cm³/mol. The molecule has 3 rings (SSSR count). The topological polar surface area (TPSA) is 73.6 Å². The zero-order valence-electron chi connectivity index (χ0n) is 9.45. The summed E-state index contributed by atoms with van der Waals surface area (Å²) in [5.74, 6) is -1.62. The third kappa shape index (κ3) is 1.95. The molecule has 1 fully saturated rings. The first-order valence-corrected chi connectivity index (χ1v) is 5.77. The molecule has 1 aromatic heterocycles. The summed E-state index contributed by atoms with van der Waals surface area (Å²) < 4.78 is 4.90. The van der Waals surface area contributed by atoms with Gasteiger partial charge in [0.1, 0.15) is 5.37 Å². The van der Waals surface area contributed by atoms with Gasteiger partial charge in [0.2, 0.25) is 0 Å². The number of aliphatic carboxylic acids is 1. The first-order chi connectivity index (χ1) is 8.18. The minimum Gasteiger partial charge on any atom is -0.543 e. The number of carbonyl (C=O) groups is 2. The van der Waals surface area contributed by atoms with E-state index in [0.717, 1.165) is 5.56 Å². The average molecular weight is 271 g/mol. The minimum absolute atomic E-state index is 0. The van der Waals surface area contributed by atoms with Crippen molar-refractivity contribution in [2.45, 2.75) is 5.37 Å². The first kappa shape index (κ1) is 13.5. The Balaban J connectivity index is 0.00000120. The second kappa shape index (κ2) is 4.97. The molecule has 5 nitrogen and oxygen atoms in total. The zero-order chi connectivity index (χ0) is 12.0. The Morgan fingerprint density at radius 3 is 2.94 bits per heavy atom. The first-order valence-electron chi connectivity index (χ1n) is 4.83. The van der Waals surface area contributed by atoms with Crippen LogP contribution in [0.15, 0.2) is 39.7 Å². The van der Waals surface area contributed by atoms with Gasteiger partial charge in [-0.05, 0) is 17.6 Å². The molecule has 2 aliphatic heterocycles. The Bertz CT molecular complexity index is 564. The van der Waals surface area contributed by atoms with Crippen molar-refractivity contribution in [1.29, 1.82) is 0 Å². The molecule has 7 heteroatoms. The van der Waals surface area contributed by atoms with Gasteiger partial charge in [-0.15, -0.1) is 11.8 Å². The fourth-order valence-corrected chi connectivity index (χ4v) is 2.91. The Morgan fingerprint density at radius 1 is 1.56 bits per heavy atom. The molecule has 0 aromatic carbocycles. The van der Waals surface area contributed by atoms with Crippen molar-refractivity contribution < 1.29 is 48.7 Å². The van der Waals surface area contributed by atoms with Crippen LogP contribution in [0.25, 0.3) is 6.08 Å². The Kier molecular flexibility index (Phi) is 3.72. The van der Waals surface area contributed by atoms with Gasteiger partial charge in [-0.25, -0.2) is 0 Å². The van der Waals surface area contributed by atoms with Crippen LogP contribution in [0.5, 0.6) is 0 Å². The molecule has 1 aromatic rings. The summed E-state index contributed by atoms with van der Waals surface area (Å²) in [6, 6.07) is 1.73. The van der Waals surface area contributed by atoms with Gasteiger partial charge in [-0.3, -0.25) is 9.69 Å². The molecule has 0 unspecified atom stereocenters. The molecule has 0 saturated carbocycles. The van der Waals surface area contributed by atoms with Gasteiger partial charge in [0.15, 0.2) is 0 Å². The van der Waals surface area contributed by atoms with E-state index in [1.807, 2.05) is 0 Å². The minimum atomic E-state index is -1.32. The van der Waals surface area contributed by atoms with Crippen molar-refractivity contribution in [2.24, 2.45) is 0 Å². The summed E-state index contributed by atoms with van der Waals surface area (Å²) in [6.45, 7) is 0. The molecule has 0 radical (unpaired) electrons. The number of carbonyl (C=O) groups excluding carboxylic acids is 2. The van der Waals surface area contributed by atoms with Gasteiger partial charge in [-0.2, -0.15) is 0 Å². The van der Waals surface area contributed by atoms with Crippen LogP contribution < -0.4 is 34.7 Å². The van der Waals surface area contributed by atoms with Crippen LogP contribution in [0.2, 0.25) is 0 Å². The Morgan fingerprint density at radius 2 is 2.33 bits per heavy atom. The molecular weight excluding hydrogens is 265 g/mol. The third-order valence-electron chi connectivity index (χ3n) is 2.61. The number of carboxylic acid groups (broad SMARTS) is 1. The Hall–Kier alpha value is -0.950. The number of β-lactam (4-membered cyclic amide) rings is 1. The van der Waals surface area contributed by atoms with Crippen molar-refractivity contribution >= 4 is 29.7 Å². The zero-order valence-corrected chi connectivity index (χ0v) is 12.3. The van der Waals surface area contributed by atoms with Gasteiger partial charge >= 0.3 is 29.6 Å². The Labute approximate surface area is 129 Å². The van der Waals surface area contributed by atoms with Crippen molar-refractivity contribution in [1.82, 2.24) is 4.90 Å². The summed E-state index contributed by atoms with van der Waals surface area (Å²) in [4.78, 5) is 23.7. The molecule has 1 saturated heterocycles. The monoisotopic (exact) mass is 271 g/mol. The van der Waals surface area contributed by atoms with E-state index in [0.29, 0.717) is 5.57 Å².